The minimum absolute atomic E-state index is 0.229. The average molecular weight is 290 g/mol. The predicted octanol–water partition coefficient (Wildman–Crippen LogP) is -1.77. The number of thioether (sulfide) groups is 1. The molecule has 3 aliphatic heterocycles. The minimum atomic E-state index is -1.10. The Kier molecular flexibility index (Phi) is 3.71. The van der Waals surface area contributed by atoms with Crippen molar-refractivity contribution in [2.75, 3.05) is 26.8 Å². The van der Waals surface area contributed by atoms with Crippen molar-refractivity contribution >= 4 is 16.9 Å². The molecule has 2 fully saturated rings. The van der Waals surface area contributed by atoms with Crippen molar-refractivity contribution in [3.63, 3.8) is 0 Å². The average Bonchev–Trinajstić information content (AvgIpc) is 2.76. The highest BCUT2D eigenvalue weighted by Crippen LogP contribution is 2.38. The molecule has 2 saturated heterocycles. The van der Waals surface area contributed by atoms with E-state index in [2.05, 4.69) is 9.89 Å². The molecule has 108 valence electrons. The van der Waals surface area contributed by atoms with Crippen molar-refractivity contribution in [2.45, 2.75) is 35.9 Å². The highest BCUT2D eigenvalue weighted by molar-refractivity contribution is 8.14. The van der Waals surface area contributed by atoms with Gasteiger partial charge in [0.2, 0.25) is 0 Å². The molecule has 0 radical (unpaired) electrons. The van der Waals surface area contributed by atoms with E-state index in [-0.39, 0.29) is 18.1 Å². The van der Waals surface area contributed by atoms with Crippen molar-refractivity contribution < 1.29 is 24.8 Å². The molecule has 3 N–H and O–H groups in total. The van der Waals surface area contributed by atoms with Gasteiger partial charge in [-0.3, -0.25) is 4.99 Å². The van der Waals surface area contributed by atoms with Gasteiger partial charge in [0.1, 0.15) is 29.8 Å². The third-order valence-electron chi connectivity index (χ3n) is 3.78. The SMILES string of the molecule is COC1CN(C2=N[C@@H]3[C@@H](O)[C@@H](O)[C@@H](CO)O[C@@H]3S2)C1. The van der Waals surface area contributed by atoms with Gasteiger partial charge in [0.15, 0.2) is 5.17 Å². The van der Waals surface area contributed by atoms with Gasteiger partial charge in [-0.2, -0.15) is 0 Å². The monoisotopic (exact) mass is 290 g/mol. The summed E-state index contributed by atoms with van der Waals surface area (Å²) in [6, 6.07) is -0.473. The molecular weight excluding hydrogens is 272 g/mol. The molecule has 5 atom stereocenters. The van der Waals surface area contributed by atoms with Gasteiger partial charge in [-0.25, -0.2) is 0 Å². The first-order valence-electron chi connectivity index (χ1n) is 6.28. The number of aliphatic hydroxyl groups excluding tert-OH is 3. The molecule has 19 heavy (non-hydrogen) atoms. The van der Waals surface area contributed by atoms with Crippen LogP contribution in [0.4, 0.5) is 0 Å². The lowest BCUT2D eigenvalue weighted by Gasteiger charge is -2.39. The molecule has 3 rings (SSSR count). The Balaban J connectivity index is 1.66. The van der Waals surface area contributed by atoms with Gasteiger partial charge >= 0.3 is 0 Å². The molecule has 3 aliphatic rings. The van der Waals surface area contributed by atoms with E-state index >= 15 is 0 Å². The molecule has 3 heterocycles. The van der Waals surface area contributed by atoms with Crippen LogP contribution < -0.4 is 0 Å². The maximum absolute atomic E-state index is 10.0. The molecule has 0 bridgehead atoms. The summed E-state index contributed by atoms with van der Waals surface area (Å²) in [5.41, 5.74) is -0.341. The second-order valence-electron chi connectivity index (χ2n) is 4.99. The number of hydrogen-bond acceptors (Lipinski definition) is 8. The largest absolute Gasteiger partial charge is 0.394 e. The third kappa shape index (κ3) is 2.26. The lowest BCUT2D eigenvalue weighted by molar-refractivity contribution is -0.164. The summed E-state index contributed by atoms with van der Waals surface area (Å²) in [6.45, 7) is 1.25. The Bertz CT molecular complexity index is 376. The van der Waals surface area contributed by atoms with Crippen LogP contribution in [0.3, 0.4) is 0 Å². The number of likely N-dealkylation sites (tertiary alicyclic amines) is 1. The van der Waals surface area contributed by atoms with E-state index in [0.717, 1.165) is 18.3 Å². The molecule has 0 aromatic carbocycles. The zero-order valence-electron chi connectivity index (χ0n) is 10.5. The minimum Gasteiger partial charge on any atom is -0.394 e. The maximum Gasteiger partial charge on any atom is 0.162 e. The van der Waals surface area contributed by atoms with Crippen LogP contribution in [0, 0.1) is 0 Å². The Hall–Kier alpha value is -0.380. The molecule has 8 heteroatoms. The normalized spacial score (nSPS) is 42.8. The second-order valence-corrected chi connectivity index (χ2v) is 6.05. The first-order valence-corrected chi connectivity index (χ1v) is 7.16. The fourth-order valence-corrected chi connectivity index (χ4v) is 3.71. The summed E-state index contributed by atoms with van der Waals surface area (Å²) < 4.78 is 10.8. The van der Waals surface area contributed by atoms with E-state index in [1.807, 2.05) is 0 Å². The highest BCUT2D eigenvalue weighted by Gasteiger charge is 2.49. The van der Waals surface area contributed by atoms with Gasteiger partial charge in [-0.15, -0.1) is 0 Å². The fourth-order valence-electron chi connectivity index (χ4n) is 2.46. The van der Waals surface area contributed by atoms with Crippen molar-refractivity contribution in [1.29, 1.82) is 0 Å². The summed E-state index contributed by atoms with van der Waals surface area (Å²) in [7, 11) is 1.68. The highest BCUT2D eigenvalue weighted by atomic mass is 32.2. The van der Waals surface area contributed by atoms with Crippen molar-refractivity contribution in [3.05, 3.63) is 0 Å². The number of aliphatic imine (C=N–C) groups is 1. The summed E-state index contributed by atoms with van der Waals surface area (Å²) in [5.74, 6) is 0. The lowest BCUT2D eigenvalue weighted by atomic mass is 9.99. The number of rotatable bonds is 2. The molecule has 0 saturated carbocycles. The van der Waals surface area contributed by atoms with E-state index in [0.29, 0.717) is 0 Å². The summed E-state index contributed by atoms with van der Waals surface area (Å²) in [5, 5.41) is 29.8. The van der Waals surface area contributed by atoms with Crippen molar-refractivity contribution in [1.82, 2.24) is 4.90 Å². The summed E-state index contributed by atoms with van der Waals surface area (Å²) in [4.78, 5) is 6.50. The van der Waals surface area contributed by atoms with Crippen molar-refractivity contribution in [2.24, 2.45) is 4.99 Å². The quantitative estimate of drug-likeness (QED) is 0.554. The van der Waals surface area contributed by atoms with Crippen LogP contribution in [0.2, 0.25) is 0 Å². The number of ether oxygens (including phenoxy) is 2. The van der Waals surface area contributed by atoms with E-state index in [1.54, 1.807) is 7.11 Å². The molecule has 0 aromatic heterocycles. The number of methoxy groups -OCH3 is 1. The Morgan fingerprint density at radius 2 is 2.16 bits per heavy atom. The number of fused-ring (bicyclic) bond motifs is 1. The predicted molar refractivity (Wildman–Crippen MR) is 68.9 cm³/mol. The number of nitrogens with zero attached hydrogens (tertiary/aromatic N) is 2. The zero-order chi connectivity index (χ0) is 13.6. The van der Waals surface area contributed by atoms with Gasteiger partial charge < -0.3 is 29.7 Å². The van der Waals surface area contributed by atoms with Crippen LogP contribution in [0.1, 0.15) is 0 Å². The first kappa shape index (κ1) is 13.6. The van der Waals surface area contributed by atoms with Crippen LogP contribution >= 0.6 is 11.8 Å². The molecule has 0 unspecified atom stereocenters. The number of hydrogen-bond donors (Lipinski definition) is 3. The third-order valence-corrected chi connectivity index (χ3v) is 4.98. The van der Waals surface area contributed by atoms with Crippen LogP contribution in [0.5, 0.6) is 0 Å². The lowest BCUT2D eigenvalue weighted by Crippen LogP contribution is -2.55. The molecule has 0 spiro atoms. The van der Waals surface area contributed by atoms with E-state index < -0.39 is 24.4 Å². The maximum atomic E-state index is 10.0. The Morgan fingerprint density at radius 1 is 1.42 bits per heavy atom. The van der Waals surface area contributed by atoms with Crippen LogP contribution in [-0.4, -0.2) is 88.1 Å². The Labute approximate surface area is 115 Å². The van der Waals surface area contributed by atoms with Gasteiger partial charge in [0, 0.05) is 20.2 Å². The zero-order valence-corrected chi connectivity index (χ0v) is 11.4. The fraction of sp³-hybridized carbons (Fsp3) is 0.909. The smallest absolute Gasteiger partial charge is 0.162 e. The topological polar surface area (TPSA) is 94.8 Å². The first-order chi connectivity index (χ1) is 9.13. The summed E-state index contributed by atoms with van der Waals surface area (Å²) in [6.07, 6.45) is -2.62. The van der Waals surface area contributed by atoms with Crippen LogP contribution in [0.15, 0.2) is 4.99 Å². The van der Waals surface area contributed by atoms with Crippen molar-refractivity contribution in [3.8, 4) is 0 Å². The Morgan fingerprint density at radius 3 is 2.79 bits per heavy atom. The number of aliphatic hydroxyl groups is 3. The van der Waals surface area contributed by atoms with E-state index in [4.69, 9.17) is 14.6 Å². The number of amidine groups is 1. The molecule has 0 aromatic rings. The molecule has 0 aliphatic carbocycles. The van der Waals surface area contributed by atoms with Gasteiger partial charge in [-0.05, 0) is 0 Å². The molecular formula is C11H18N2O5S. The standard InChI is InChI=1S/C11H18N2O5S/c1-17-5-2-13(3-5)11-12-7-9(16)8(15)6(4-14)18-10(7)19-11/h5-10,14-16H,2-4H2,1H3/t6-,7-,8+,9-,10-/m1/s1. The van der Waals surface area contributed by atoms with E-state index in [9.17, 15) is 10.2 Å². The molecule has 0 amide bonds. The molecule has 7 nitrogen and oxygen atoms in total. The van der Waals surface area contributed by atoms with E-state index in [1.165, 1.54) is 11.8 Å². The van der Waals surface area contributed by atoms with Crippen LogP contribution in [0.25, 0.3) is 0 Å². The second kappa shape index (κ2) is 5.19. The summed E-state index contributed by atoms with van der Waals surface area (Å²) >= 11 is 1.43. The van der Waals surface area contributed by atoms with Gasteiger partial charge in [0.25, 0.3) is 0 Å². The van der Waals surface area contributed by atoms with Gasteiger partial charge in [0.05, 0.1) is 12.7 Å². The van der Waals surface area contributed by atoms with Gasteiger partial charge in [-0.1, -0.05) is 11.8 Å². The van der Waals surface area contributed by atoms with Crippen LogP contribution in [-0.2, 0) is 9.47 Å².